The maximum absolute atomic E-state index is 5.30. The highest BCUT2D eigenvalue weighted by Crippen LogP contribution is 2.24. The van der Waals surface area contributed by atoms with Gasteiger partial charge in [-0.05, 0) is 28.9 Å². The summed E-state index contributed by atoms with van der Waals surface area (Å²) in [5, 5.41) is 3.26. The topological polar surface area (TPSA) is 25.2 Å². The lowest BCUT2D eigenvalue weighted by Crippen LogP contribution is -2.19. The Bertz CT molecular complexity index is 296. The summed E-state index contributed by atoms with van der Waals surface area (Å²) in [6, 6.07) is 2.06. The average molecular weight is 309 g/mol. The van der Waals surface area contributed by atoms with E-state index >= 15 is 0 Å². The Morgan fingerprint density at radius 3 is 2.92 bits per heavy atom. The van der Waals surface area contributed by atoms with Crippen LogP contribution in [0.25, 0.3) is 0 Å². The van der Waals surface area contributed by atoms with Crippen molar-refractivity contribution in [3.8, 4) is 0 Å². The van der Waals surface area contributed by atoms with Gasteiger partial charge in [0.25, 0.3) is 0 Å². The number of halogens is 2. The van der Waals surface area contributed by atoms with Gasteiger partial charge in [-0.15, -0.1) is 0 Å². The van der Waals surface area contributed by atoms with Crippen LogP contribution >= 0.6 is 31.9 Å². The third kappa shape index (κ3) is 3.29. The molecule has 1 N–H and O–H groups in total. The molecule has 13 heavy (non-hydrogen) atoms. The second-order valence-corrected chi connectivity index (χ2v) is 4.73. The fourth-order valence-electron chi connectivity index (χ4n) is 0.971. The van der Waals surface area contributed by atoms with Gasteiger partial charge in [-0.25, -0.2) is 0 Å². The van der Waals surface area contributed by atoms with E-state index in [9.17, 15) is 0 Å². The number of furan rings is 1. The van der Waals surface area contributed by atoms with E-state index in [1.54, 1.807) is 6.26 Å². The van der Waals surface area contributed by atoms with Crippen molar-refractivity contribution < 1.29 is 4.42 Å². The molecule has 1 rings (SSSR count). The smallest absolute Gasteiger partial charge is 0.134 e. The molecule has 0 aromatic carbocycles. The zero-order valence-electron chi connectivity index (χ0n) is 7.31. The molecule has 0 fully saturated rings. The molecule has 1 unspecified atom stereocenters. The minimum absolute atomic E-state index is 0.179. The van der Waals surface area contributed by atoms with Crippen LogP contribution in [0.2, 0.25) is 0 Å². The lowest BCUT2D eigenvalue weighted by atomic mass is 10.2. The van der Waals surface area contributed by atoms with Gasteiger partial charge < -0.3 is 9.73 Å². The summed E-state index contributed by atoms with van der Waals surface area (Å²) in [6.45, 7) is 6.51. The van der Waals surface area contributed by atoms with E-state index in [-0.39, 0.29) is 6.04 Å². The van der Waals surface area contributed by atoms with Crippen molar-refractivity contribution in [3.63, 3.8) is 0 Å². The molecule has 0 radical (unpaired) electrons. The monoisotopic (exact) mass is 307 g/mol. The second-order valence-electron chi connectivity index (χ2n) is 2.75. The summed E-state index contributed by atoms with van der Waals surface area (Å²) in [7, 11) is 0. The van der Waals surface area contributed by atoms with Crippen LogP contribution in [0.4, 0.5) is 0 Å². The normalized spacial score (nSPS) is 12.8. The minimum Gasteiger partial charge on any atom is -0.466 e. The largest absolute Gasteiger partial charge is 0.466 e. The van der Waals surface area contributed by atoms with Gasteiger partial charge in [0.1, 0.15) is 5.76 Å². The van der Waals surface area contributed by atoms with Crippen LogP contribution in [0.5, 0.6) is 0 Å². The molecule has 1 heterocycles. The van der Waals surface area contributed by atoms with Gasteiger partial charge in [0.15, 0.2) is 0 Å². The molecule has 0 amide bonds. The summed E-state index contributed by atoms with van der Waals surface area (Å²) in [6.07, 6.45) is 1.67. The van der Waals surface area contributed by atoms with Crippen molar-refractivity contribution in [1.82, 2.24) is 5.32 Å². The lowest BCUT2D eigenvalue weighted by Gasteiger charge is -2.10. The number of hydrogen-bond donors (Lipinski definition) is 1. The molecule has 0 aliphatic rings. The van der Waals surface area contributed by atoms with Crippen LogP contribution in [0.1, 0.15) is 18.7 Å². The Morgan fingerprint density at radius 2 is 2.46 bits per heavy atom. The fraction of sp³-hybridized carbons (Fsp3) is 0.333. The van der Waals surface area contributed by atoms with Crippen molar-refractivity contribution in [2.24, 2.45) is 0 Å². The molecule has 4 heteroatoms. The van der Waals surface area contributed by atoms with Gasteiger partial charge in [-0.1, -0.05) is 22.5 Å². The minimum atomic E-state index is 0.179. The highest BCUT2D eigenvalue weighted by Gasteiger charge is 2.11. The Hall–Kier alpha value is -0.0600. The van der Waals surface area contributed by atoms with Gasteiger partial charge in [0.2, 0.25) is 0 Å². The van der Waals surface area contributed by atoms with Crippen molar-refractivity contribution in [3.05, 3.63) is 33.6 Å². The van der Waals surface area contributed by atoms with Gasteiger partial charge in [0, 0.05) is 11.0 Å². The van der Waals surface area contributed by atoms with Crippen molar-refractivity contribution in [2.45, 2.75) is 13.0 Å². The van der Waals surface area contributed by atoms with E-state index in [0.29, 0.717) is 0 Å². The van der Waals surface area contributed by atoms with Gasteiger partial charge in [-0.2, -0.15) is 0 Å². The van der Waals surface area contributed by atoms with E-state index in [1.165, 1.54) is 0 Å². The van der Waals surface area contributed by atoms with E-state index < -0.39 is 0 Å². The fourth-order valence-corrected chi connectivity index (χ4v) is 1.68. The van der Waals surface area contributed by atoms with E-state index in [4.69, 9.17) is 4.42 Å². The molecule has 0 aliphatic carbocycles. The zero-order chi connectivity index (χ0) is 9.84. The number of nitrogens with one attached hydrogen (secondary N) is 1. The molecule has 72 valence electrons. The molecule has 0 spiro atoms. The molecule has 0 aliphatic heterocycles. The van der Waals surface area contributed by atoms with Crippen LogP contribution < -0.4 is 5.32 Å². The maximum Gasteiger partial charge on any atom is 0.134 e. The van der Waals surface area contributed by atoms with Crippen LogP contribution in [0, 0.1) is 0 Å². The highest BCUT2D eigenvalue weighted by atomic mass is 79.9. The molecular weight excluding hydrogens is 298 g/mol. The van der Waals surface area contributed by atoms with Crippen molar-refractivity contribution >= 4 is 31.9 Å². The summed E-state index contributed by atoms with van der Waals surface area (Å²) in [5.41, 5.74) is 0. The Kier molecular flexibility index (Phi) is 4.22. The molecule has 2 nitrogen and oxygen atoms in total. The molecule has 1 atom stereocenters. The summed E-state index contributed by atoms with van der Waals surface area (Å²) in [5.74, 6) is 0.911. The molecule has 1 aromatic rings. The van der Waals surface area contributed by atoms with E-state index in [2.05, 4.69) is 43.8 Å². The quantitative estimate of drug-likeness (QED) is 0.919. The Labute approximate surface area is 94.6 Å². The highest BCUT2D eigenvalue weighted by molar-refractivity contribution is 9.11. The third-order valence-electron chi connectivity index (χ3n) is 1.64. The molecule has 1 aromatic heterocycles. The first-order valence-corrected chi connectivity index (χ1v) is 5.49. The predicted octanol–water partition coefficient (Wildman–Crippen LogP) is 3.60. The van der Waals surface area contributed by atoms with Gasteiger partial charge >= 0.3 is 0 Å². The van der Waals surface area contributed by atoms with Crippen LogP contribution in [-0.2, 0) is 0 Å². The predicted molar refractivity (Wildman–Crippen MR) is 60.9 cm³/mol. The zero-order valence-corrected chi connectivity index (χ0v) is 10.5. The SMILES string of the molecule is C=C(Br)CNC(C)c1occc1Br. The van der Waals surface area contributed by atoms with Gasteiger partial charge in [0.05, 0.1) is 16.8 Å². The maximum atomic E-state index is 5.30. The number of hydrogen-bond acceptors (Lipinski definition) is 2. The van der Waals surface area contributed by atoms with Crippen molar-refractivity contribution in [1.29, 1.82) is 0 Å². The average Bonchev–Trinajstić information content (AvgIpc) is 2.47. The Morgan fingerprint density at radius 1 is 1.77 bits per heavy atom. The summed E-state index contributed by atoms with van der Waals surface area (Å²) in [4.78, 5) is 0. The van der Waals surface area contributed by atoms with Crippen LogP contribution in [-0.4, -0.2) is 6.54 Å². The van der Waals surface area contributed by atoms with Gasteiger partial charge in [-0.3, -0.25) is 0 Å². The van der Waals surface area contributed by atoms with E-state index in [0.717, 1.165) is 21.3 Å². The first-order valence-electron chi connectivity index (χ1n) is 3.91. The number of rotatable bonds is 4. The first-order chi connectivity index (χ1) is 6.11. The summed E-state index contributed by atoms with van der Waals surface area (Å²) < 4.78 is 7.23. The van der Waals surface area contributed by atoms with Crippen molar-refractivity contribution in [2.75, 3.05) is 6.54 Å². The summed E-state index contributed by atoms with van der Waals surface area (Å²) >= 11 is 6.69. The Balaban J connectivity index is 2.53. The van der Waals surface area contributed by atoms with Crippen LogP contribution in [0.3, 0.4) is 0 Å². The van der Waals surface area contributed by atoms with Crippen LogP contribution in [0.15, 0.2) is 32.3 Å². The first kappa shape index (κ1) is 11.0. The molecule has 0 bridgehead atoms. The molecule has 0 saturated heterocycles. The second kappa shape index (κ2) is 4.98. The molecule has 0 saturated carbocycles. The van der Waals surface area contributed by atoms with E-state index in [1.807, 2.05) is 13.0 Å². The molecular formula is C9H11Br2NO. The third-order valence-corrected chi connectivity index (χ3v) is 2.57. The standard InChI is InChI=1S/C9H11Br2NO/c1-6(10)5-12-7(2)9-8(11)3-4-13-9/h3-4,7,12H,1,5H2,2H3. The lowest BCUT2D eigenvalue weighted by molar-refractivity contribution is 0.439.